The van der Waals surface area contributed by atoms with Crippen LogP contribution in [0.25, 0.3) is 0 Å². The maximum Gasteiger partial charge on any atom is 0.00510 e. The third kappa shape index (κ3) is 3.46. The van der Waals surface area contributed by atoms with Crippen molar-refractivity contribution in [2.45, 2.75) is 45.6 Å². The summed E-state index contributed by atoms with van der Waals surface area (Å²) in [7, 11) is 0. The van der Waals surface area contributed by atoms with Crippen molar-refractivity contribution < 1.29 is 0 Å². The van der Waals surface area contributed by atoms with E-state index in [0.29, 0.717) is 6.04 Å². The summed E-state index contributed by atoms with van der Waals surface area (Å²) in [5.41, 5.74) is 0. The van der Waals surface area contributed by atoms with Crippen LogP contribution in [0.1, 0.15) is 39.5 Å². The smallest absolute Gasteiger partial charge is 0.00510 e. The SMILES string of the molecule is CC1CNC(C)CCN(CC2CCC2)C1. The fourth-order valence-electron chi connectivity index (χ4n) is 2.68. The van der Waals surface area contributed by atoms with E-state index in [1.54, 1.807) is 0 Å². The Kier molecular flexibility index (Phi) is 4.04. The number of rotatable bonds is 2. The molecule has 2 fully saturated rings. The Morgan fingerprint density at radius 1 is 1.20 bits per heavy atom. The number of hydrogen-bond donors (Lipinski definition) is 1. The first-order chi connectivity index (χ1) is 7.24. The monoisotopic (exact) mass is 210 g/mol. The molecule has 0 amide bonds. The van der Waals surface area contributed by atoms with Crippen LogP contribution in [0.2, 0.25) is 0 Å². The lowest BCUT2D eigenvalue weighted by atomic mass is 9.85. The molecule has 1 aliphatic heterocycles. The molecular weight excluding hydrogens is 184 g/mol. The minimum absolute atomic E-state index is 0.705. The second-order valence-electron chi connectivity index (χ2n) is 5.76. The largest absolute Gasteiger partial charge is 0.314 e. The van der Waals surface area contributed by atoms with Crippen molar-refractivity contribution in [2.24, 2.45) is 11.8 Å². The molecule has 1 N–H and O–H groups in total. The highest BCUT2D eigenvalue weighted by Crippen LogP contribution is 2.27. The van der Waals surface area contributed by atoms with Crippen molar-refractivity contribution in [3.8, 4) is 0 Å². The lowest BCUT2D eigenvalue weighted by Gasteiger charge is -2.36. The van der Waals surface area contributed by atoms with Gasteiger partial charge in [0.2, 0.25) is 0 Å². The molecule has 0 aromatic heterocycles. The Morgan fingerprint density at radius 3 is 2.67 bits per heavy atom. The highest BCUT2D eigenvalue weighted by molar-refractivity contribution is 4.78. The van der Waals surface area contributed by atoms with Gasteiger partial charge in [-0.1, -0.05) is 13.3 Å². The molecule has 2 heteroatoms. The third-order valence-electron chi connectivity index (χ3n) is 4.00. The molecule has 0 bridgehead atoms. The molecule has 88 valence electrons. The van der Waals surface area contributed by atoms with Crippen LogP contribution in [0.3, 0.4) is 0 Å². The van der Waals surface area contributed by atoms with E-state index in [-0.39, 0.29) is 0 Å². The number of nitrogens with zero attached hydrogens (tertiary/aromatic N) is 1. The van der Waals surface area contributed by atoms with Crippen LogP contribution in [0, 0.1) is 11.8 Å². The summed E-state index contributed by atoms with van der Waals surface area (Å²) < 4.78 is 0. The van der Waals surface area contributed by atoms with Crippen molar-refractivity contribution in [2.75, 3.05) is 26.2 Å². The van der Waals surface area contributed by atoms with Gasteiger partial charge in [0.1, 0.15) is 0 Å². The number of hydrogen-bond acceptors (Lipinski definition) is 2. The van der Waals surface area contributed by atoms with Gasteiger partial charge in [-0.05, 0) is 51.1 Å². The fraction of sp³-hybridized carbons (Fsp3) is 1.00. The van der Waals surface area contributed by atoms with E-state index < -0.39 is 0 Å². The Hall–Kier alpha value is -0.0800. The lowest BCUT2D eigenvalue weighted by Crippen LogP contribution is -2.44. The minimum Gasteiger partial charge on any atom is -0.314 e. The molecule has 1 heterocycles. The van der Waals surface area contributed by atoms with Gasteiger partial charge in [0, 0.05) is 19.1 Å². The van der Waals surface area contributed by atoms with Crippen LogP contribution in [0.5, 0.6) is 0 Å². The van der Waals surface area contributed by atoms with Gasteiger partial charge in [-0.2, -0.15) is 0 Å². The maximum absolute atomic E-state index is 3.61. The molecule has 1 saturated heterocycles. The summed E-state index contributed by atoms with van der Waals surface area (Å²) in [4.78, 5) is 2.71. The molecule has 0 radical (unpaired) electrons. The molecule has 0 aromatic rings. The van der Waals surface area contributed by atoms with Gasteiger partial charge < -0.3 is 10.2 Å². The van der Waals surface area contributed by atoms with E-state index in [4.69, 9.17) is 0 Å². The van der Waals surface area contributed by atoms with E-state index in [1.165, 1.54) is 51.9 Å². The fourth-order valence-corrected chi connectivity index (χ4v) is 2.68. The van der Waals surface area contributed by atoms with Gasteiger partial charge in [-0.15, -0.1) is 0 Å². The van der Waals surface area contributed by atoms with E-state index in [1.807, 2.05) is 0 Å². The summed E-state index contributed by atoms with van der Waals surface area (Å²) in [6.07, 6.45) is 5.77. The minimum atomic E-state index is 0.705. The summed E-state index contributed by atoms with van der Waals surface area (Å²) in [5, 5.41) is 3.61. The summed E-state index contributed by atoms with van der Waals surface area (Å²) >= 11 is 0. The van der Waals surface area contributed by atoms with Gasteiger partial charge in [0.05, 0.1) is 0 Å². The first-order valence-corrected chi connectivity index (χ1v) is 6.70. The Morgan fingerprint density at radius 2 is 2.00 bits per heavy atom. The van der Waals surface area contributed by atoms with Crippen LogP contribution in [0.15, 0.2) is 0 Å². The van der Waals surface area contributed by atoms with Crippen molar-refractivity contribution in [3.63, 3.8) is 0 Å². The van der Waals surface area contributed by atoms with Gasteiger partial charge in [0.25, 0.3) is 0 Å². The zero-order chi connectivity index (χ0) is 10.7. The van der Waals surface area contributed by atoms with Crippen LogP contribution in [0.4, 0.5) is 0 Å². The molecule has 2 rings (SSSR count). The first-order valence-electron chi connectivity index (χ1n) is 6.70. The van der Waals surface area contributed by atoms with E-state index in [2.05, 4.69) is 24.1 Å². The van der Waals surface area contributed by atoms with Crippen LogP contribution in [-0.2, 0) is 0 Å². The van der Waals surface area contributed by atoms with Crippen molar-refractivity contribution in [3.05, 3.63) is 0 Å². The highest BCUT2D eigenvalue weighted by Gasteiger charge is 2.23. The molecule has 1 saturated carbocycles. The zero-order valence-corrected chi connectivity index (χ0v) is 10.3. The van der Waals surface area contributed by atoms with Crippen molar-refractivity contribution in [1.82, 2.24) is 10.2 Å². The molecule has 15 heavy (non-hydrogen) atoms. The average Bonchev–Trinajstić information content (AvgIpc) is 2.14. The Bertz CT molecular complexity index is 187. The summed E-state index contributed by atoms with van der Waals surface area (Å²) in [6.45, 7) is 9.86. The first kappa shape index (κ1) is 11.4. The topological polar surface area (TPSA) is 15.3 Å². The van der Waals surface area contributed by atoms with Crippen LogP contribution < -0.4 is 5.32 Å². The van der Waals surface area contributed by atoms with Crippen molar-refractivity contribution in [1.29, 1.82) is 0 Å². The average molecular weight is 210 g/mol. The third-order valence-corrected chi connectivity index (χ3v) is 4.00. The van der Waals surface area contributed by atoms with Crippen LogP contribution in [-0.4, -0.2) is 37.1 Å². The molecule has 0 spiro atoms. The predicted molar refractivity (Wildman–Crippen MR) is 65.0 cm³/mol. The lowest BCUT2D eigenvalue weighted by molar-refractivity contribution is 0.143. The molecular formula is C13H26N2. The maximum atomic E-state index is 3.61. The second-order valence-corrected chi connectivity index (χ2v) is 5.76. The van der Waals surface area contributed by atoms with Gasteiger partial charge in [-0.25, -0.2) is 0 Å². The van der Waals surface area contributed by atoms with E-state index in [9.17, 15) is 0 Å². The molecule has 2 unspecified atom stereocenters. The molecule has 2 nitrogen and oxygen atoms in total. The summed E-state index contributed by atoms with van der Waals surface area (Å²) in [5.74, 6) is 1.84. The zero-order valence-electron chi connectivity index (χ0n) is 10.3. The quantitative estimate of drug-likeness (QED) is 0.751. The predicted octanol–water partition coefficient (Wildman–Crippen LogP) is 2.11. The van der Waals surface area contributed by atoms with Gasteiger partial charge >= 0.3 is 0 Å². The van der Waals surface area contributed by atoms with Crippen molar-refractivity contribution >= 4 is 0 Å². The van der Waals surface area contributed by atoms with E-state index >= 15 is 0 Å². The summed E-state index contributed by atoms with van der Waals surface area (Å²) in [6, 6.07) is 0.705. The normalized spacial score (nSPS) is 35.6. The molecule has 0 aromatic carbocycles. The Balaban J connectivity index is 1.79. The second kappa shape index (κ2) is 5.31. The van der Waals surface area contributed by atoms with Crippen LogP contribution >= 0.6 is 0 Å². The van der Waals surface area contributed by atoms with Gasteiger partial charge in [-0.3, -0.25) is 0 Å². The highest BCUT2D eigenvalue weighted by atomic mass is 15.1. The van der Waals surface area contributed by atoms with E-state index in [0.717, 1.165) is 11.8 Å². The molecule has 2 atom stereocenters. The Labute approximate surface area is 94.4 Å². The number of nitrogens with one attached hydrogen (secondary N) is 1. The molecule has 1 aliphatic carbocycles. The molecule has 2 aliphatic rings. The standard InChI is InChI=1S/C13H26N2/c1-11-8-14-12(2)6-7-15(9-11)10-13-4-3-5-13/h11-14H,3-10H2,1-2H3. The van der Waals surface area contributed by atoms with Gasteiger partial charge in [0.15, 0.2) is 0 Å².